The van der Waals surface area contributed by atoms with Gasteiger partial charge in [0.1, 0.15) is 0 Å². The van der Waals surface area contributed by atoms with E-state index in [1.54, 1.807) is 0 Å². The first kappa shape index (κ1) is 13.6. The van der Waals surface area contributed by atoms with Gasteiger partial charge >= 0.3 is 0 Å². The molecule has 0 aliphatic heterocycles. The van der Waals surface area contributed by atoms with Crippen LogP contribution in [0.2, 0.25) is 0 Å². The van der Waals surface area contributed by atoms with Gasteiger partial charge in [0.05, 0.1) is 0 Å². The monoisotopic (exact) mass is 158 g/mol. The van der Waals surface area contributed by atoms with E-state index >= 15 is 0 Å². The minimum atomic E-state index is 0.968. The van der Waals surface area contributed by atoms with E-state index in [1.807, 2.05) is 13.8 Å². The van der Waals surface area contributed by atoms with Crippen molar-refractivity contribution in [3.8, 4) is 0 Å². The SMILES string of the molecule is CC.CCCCC(C)CCC. The average Bonchev–Trinajstić information content (AvgIpc) is 2.05. The fourth-order valence-electron chi connectivity index (χ4n) is 1.19. The molecule has 0 aromatic carbocycles. The Morgan fingerprint density at radius 1 is 0.909 bits per heavy atom. The number of hydrogen-bond donors (Lipinski definition) is 0. The van der Waals surface area contributed by atoms with Crippen molar-refractivity contribution >= 4 is 0 Å². The zero-order valence-electron chi connectivity index (χ0n) is 9.11. The van der Waals surface area contributed by atoms with Crippen LogP contribution in [0.3, 0.4) is 0 Å². The number of rotatable bonds is 5. The van der Waals surface area contributed by atoms with E-state index in [0.29, 0.717) is 0 Å². The van der Waals surface area contributed by atoms with Crippen molar-refractivity contribution in [2.75, 3.05) is 0 Å². The van der Waals surface area contributed by atoms with Crippen molar-refractivity contribution in [1.29, 1.82) is 0 Å². The normalized spacial score (nSPS) is 11.7. The van der Waals surface area contributed by atoms with Gasteiger partial charge in [0, 0.05) is 0 Å². The van der Waals surface area contributed by atoms with Gasteiger partial charge in [-0.2, -0.15) is 0 Å². The second-order valence-corrected chi connectivity index (χ2v) is 3.04. The zero-order chi connectivity index (χ0) is 9.11. The molecule has 0 heteroatoms. The Morgan fingerprint density at radius 3 is 1.82 bits per heavy atom. The Bertz CT molecular complexity index is 48.0. The molecule has 0 radical (unpaired) electrons. The lowest BCUT2D eigenvalue weighted by atomic mass is 10.00. The molecular formula is C11H26. The summed E-state index contributed by atoms with van der Waals surface area (Å²) in [6.45, 7) is 10.9. The third kappa shape index (κ3) is 13.1. The Balaban J connectivity index is 0. The molecule has 1 unspecified atom stereocenters. The Hall–Kier alpha value is 0. The minimum absolute atomic E-state index is 0.968. The van der Waals surface area contributed by atoms with Crippen molar-refractivity contribution in [3.63, 3.8) is 0 Å². The molecule has 0 rings (SSSR count). The van der Waals surface area contributed by atoms with Gasteiger partial charge in [-0.3, -0.25) is 0 Å². The smallest absolute Gasteiger partial charge is 0.0443 e. The van der Waals surface area contributed by atoms with Gasteiger partial charge in [-0.25, -0.2) is 0 Å². The Labute approximate surface area is 73.4 Å². The first-order chi connectivity index (χ1) is 5.31. The van der Waals surface area contributed by atoms with Crippen molar-refractivity contribution in [2.24, 2.45) is 5.92 Å². The van der Waals surface area contributed by atoms with E-state index in [0.717, 1.165) is 5.92 Å². The molecule has 11 heavy (non-hydrogen) atoms. The van der Waals surface area contributed by atoms with Gasteiger partial charge in [0.2, 0.25) is 0 Å². The molecule has 0 aliphatic carbocycles. The maximum absolute atomic E-state index is 2.36. The average molecular weight is 158 g/mol. The lowest BCUT2D eigenvalue weighted by Gasteiger charge is -2.07. The maximum atomic E-state index is 2.36. The highest BCUT2D eigenvalue weighted by atomic mass is 14.0. The quantitative estimate of drug-likeness (QED) is 0.547. The van der Waals surface area contributed by atoms with E-state index in [2.05, 4.69) is 20.8 Å². The molecule has 0 fully saturated rings. The highest BCUT2D eigenvalue weighted by Crippen LogP contribution is 2.12. The number of unbranched alkanes of at least 4 members (excludes halogenated alkanes) is 1. The molecule has 0 nitrogen and oxygen atoms in total. The summed E-state index contributed by atoms with van der Waals surface area (Å²) in [4.78, 5) is 0. The van der Waals surface area contributed by atoms with Crippen molar-refractivity contribution in [2.45, 2.75) is 66.7 Å². The van der Waals surface area contributed by atoms with E-state index in [9.17, 15) is 0 Å². The second-order valence-electron chi connectivity index (χ2n) is 3.04. The van der Waals surface area contributed by atoms with Gasteiger partial charge in [0.15, 0.2) is 0 Å². The minimum Gasteiger partial charge on any atom is -0.0683 e. The molecule has 0 saturated carbocycles. The van der Waals surface area contributed by atoms with Crippen LogP contribution in [-0.4, -0.2) is 0 Å². The summed E-state index contributed by atoms with van der Waals surface area (Å²) >= 11 is 0. The van der Waals surface area contributed by atoms with Gasteiger partial charge in [0.25, 0.3) is 0 Å². The standard InChI is InChI=1S/C9H20.C2H6/c1-4-6-8-9(3)7-5-2;1-2/h9H,4-8H2,1-3H3;1-2H3. The van der Waals surface area contributed by atoms with Crippen molar-refractivity contribution in [3.05, 3.63) is 0 Å². The summed E-state index contributed by atoms with van der Waals surface area (Å²) in [6, 6.07) is 0. The maximum Gasteiger partial charge on any atom is -0.0443 e. The first-order valence-electron chi connectivity index (χ1n) is 5.31. The van der Waals surface area contributed by atoms with Gasteiger partial charge < -0.3 is 0 Å². The second kappa shape index (κ2) is 12.7. The molecule has 0 aromatic rings. The van der Waals surface area contributed by atoms with Gasteiger partial charge in [-0.15, -0.1) is 0 Å². The summed E-state index contributed by atoms with van der Waals surface area (Å²) in [7, 11) is 0. The molecule has 0 bridgehead atoms. The van der Waals surface area contributed by atoms with Crippen LogP contribution in [0.25, 0.3) is 0 Å². The highest BCUT2D eigenvalue weighted by Gasteiger charge is 1.97. The van der Waals surface area contributed by atoms with E-state index in [-0.39, 0.29) is 0 Å². The highest BCUT2D eigenvalue weighted by molar-refractivity contribution is 4.50. The Morgan fingerprint density at radius 2 is 1.45 bits per heavy atom. The predicted molar refractivity (Wildman–Crippen MR) is 54.9 cm³/mol. The third-order valence-electron chi connectivity index (χ3n) is 1.83. The molecule has 0 amide bonds. The molecule has 0 heterocycles. The number of hydrogen-bond acceptors (Lipinski definition) is 0. The van der Waals surface area contributed by atoms with Gasteiger partial charge in [-0.05, 0) is 5.92 Å². The lowest BCUT2D eigenvalue weighted by molar-refractivity contribution is 0.466. The molecule has 0 N–H and O–H groups in total. The molecular weight excluding hydrogens is 132 g/mol. The van der Waals surface area contributed by atoms with E-state index in [4.69, 9.17) is 0 Å². The lowest BCUT2D eigenvalue weighted by Crippen LogP contribution is -1.92. The van der Waals surface area contributed by atoms with E-state index < -0.39 is 0 Å². The zero-order valence-corrected chi connectivity index (χ0v) is 9.11. The Kier molecular flexibility index (Phi) is 15.6. The summed E-state index contributed by atoms with van der Waals surface area (Å²) in [5.41, 5.74) is 0. The molecule has 0 aromatic heterocycles. The van der Waals surface area contributed by atoms with Crippen LogP contribution in [0, 0.1) is 5.92 Å². The summed E-state index contributed by atoms with van der Waals surface area (Å²) in [5, 5.41) is 0. The third-order valence-corrected chi connectivity index (χ3v) is 1.83. The van der Waals surface area contributed by atoms with Crippen LogP contribution in [0.15, 0.2) is 0 Å². The van der Waals surface area contributed by atoms with Crippen LogP contribution in [0.1, 0.15) is 66.7 Å². The van der Waals surface area contributed by atoms with Crippen LogP contribution in [-0.2, 0) is 0 Å². The fourth-order valence-corrected chi connectivity index (χ4v) is 1.19. The predicted octanol–water partition coefficient (Wildman–Crippen LogP) is 4.64. The van der Waals surface area contributed by atoms with Crippen LogP contribution < -0.4 is 0 Å². The summed E-state index contributed by atoms with van der Waals surface area (Å²) < 4.78 is 0. The summed E-state index contributed by atoms with van der Waals surface area (Å²) in [6.07, 6.45) is 6.98. The van der Waals surface area contributed by atoms with Crippen molar-refractivity contribution in [1.82, 2.24) is 0 Å². The van der Waals surface area contributed by atoms with Crippen LogP contribution >= 0.6 is 0 Å². The van der Waals surface area contributed by atoms with E-state index in [1.165, 1.54) is 32.1 Å². The molecule has 70 valence electrons. The summed E-state index contributed by atoms with van der Waals surface area (Å²) in [5.74, 6) is 0.968. The van der Waals surface area contributed by atoms with Crippen molar-refractivity contribution < 1.29 is 0 Å². The van der Waals surface area contributed by atoms with Gasteiger partial charge in [-0.1, -0.05) is 66.7 Å². The molecule has 0 aliphatic rings. The molecule has 0 spiro atoms. The topological polar surface area (TPSA) is 0 Å². The largest absolute Gasteiger partial charge is 0.0683 e. The first-order valence-corrected chi connectivity index (χ1v) is 5.31. The molecule has 1 atom stereocenters. The van der Waals surface area contributed by atoms with Crippen LogP contribution in [0.4, 0.5) is 0 Å². The fraction of sp³-hybridized carbons (Fsp3) is 1.00. The van der Waals surface area contributed by atoms with Crippen LogP contribution in [0.5, 0.6) is 0 Å². The molecule has 0 saturated heterocycles.